The van der Waals surface area contributed by atoms with E-state index in [1.54, 1.807) is 0 Å². The smallest absolute Gasteiger partial charge is 0.411 e. The molecule has 0 bridgehead atoms. The van der Waals surface area contributed by atoms with Crippen LogP contribution in [0.15, 0.2) is 0 Å². The summed E-state index contributed by atoms with van der Waals surface area (Å²) in [5.74, 6) is -0.939. The predicted molar refractivity (Wildman–Crippen MR) is 31.7 cm³/mol. The molecule has 0 aromatic carbocycles. The normalized spacial score (nSPS) is 9.22. The summed E-state index contributed by atoms with van der Waals surface area (Å²) in [6.45, 7) is 0. The Balaban J connectivity index is 3.64. The molecule has 0 radical (unpaired) electrons. The van der Waals surface area contributed by atoms with Crippen LogP contribution in [0.1, 0.15) is 0 Å². The lowest BCUT2D eigenvalue weighted by atomic mass is 10.7. The van der Waals surface area contributed by atoms with E-state index in [1.807, 2.05) is 0 Å². The van der Waals surface area contributed by atoms with Crippen LogP contribution in [0.5, 0.6) is 0 Å². The molecule has 0 aliphatic heterocycles. The van der Waals surface area contributed by atoms with Crippen molar-refractivity contribution >= 4 is 35.2 Å². The average Bonchev–Trinajstić information content (AvgIpc) is 1.63. The summed E-state index contributed by atoms with van der Waals surface area (Å²) >= 11 is 9.92. The summed E-state index contributed by atoms with van der Waals surface area (Å²) in [6.07, 6.45) is -1.47. The van der Waals surface area contributed by atoms with E-state index in [2.05, 4.69) is 0 Å². The highest BCUT2D eigenvalue weighted by Crippen LogP contribution is 1.99. The minimum absolute atomic E-state index is 0.939. The van der Waals surface area contributed by atoms with Crippen molar-refractivity contribution in [2.75, 3.05) is 0 Å². The Morgan fingerprint density at radius 1 is 1.44 bits per heavy atom. The Morgan fingerprint density at radius 3 is 2.00 bits per heavy atom. The first-order valence-electron chi connectivity index (χ1n) is 1.86. The standard InChI is InChI=1S/C3H3Cl2NO3/c4-1(5)2(7)6-3(8)9/h1H,(H,6,7)(H,8,9). The van der Waals surface area contributed by atoms with Gasteiger partial charge in [0.15, 0.2) is 4.84 Å². The lowest BCUT2D eigenvalue weighted by Gasteiger charge is -1.96. The van der Waals surface area contributed by atoms with Gasteiger partial charge in [-0.25, -0.2) is 4.79 Å². The van der Waals surface area contributed by atoms with Crippen LogP contribution >= 0.6 is 23.2 Å². The molecule has 4 nitrogen and oxygen atoms in total. The molecule has 0 aliphatic rings. The highest BCUT2D eigenvalue weighted by atomic mass is 35.5. The molecule has 2 N–H and O–H groups in total. The van der Waals surface area contributed by atoms with Gasteiger partial charge < -0.3 is 5.11 Å². The number of hydrogen-bond donors (Lipinski definition) is 2. The molecule has 9 heavy (non-hydrogen) atoms. The molecule has 0 aromatic rings. The van der Waals surface area contributed by atoms with Crippen molar-refractivity contribution < 1.29 is 14.7 Å². The number of carboxylic acid groups (broad SMARTS) is 1. The summed E-state index contributed by atoms with van der Waals surface area (Å²) in [7, 11) is 0. The second-order valence-corrected chi connectivity index (χ2v) is 2.19. The molecule has 0 atom stereocenters. The largest absolute Gasteiger partial charge is 0.465 e. The van der Waals surface area contributed by atoms with Crippen molar-refractivity contribution in [2.45, 2.75) is 4.84 Å². The third-order valence-electron chi connectivity index (χ3n) is 0.428. The molecule has 0 unspecified atom stereocenters. The molecule has 0 fully saturated rings. The molecule has 0 aromatic heterocycles. The number of alkyl halides is 2. The van der Waals surface area contributed by atoms with Crippen LogP contribution in [0.25, 0.3) is 0 Å². The number of amides is 2. The molecular formula is C3H3Cl2NO3. The molecule has 0 saturated heterocycles. The summed E-state index contributed by atoms with van der Waals surface area (Å²) in [5.41, 5.74) is 0. The van der Waals surface area contributed by atoms with Crippen LogP contribution in [0.2, 0.25) is 0 Å². The number of halogens is 2. The molecule has 52 valence electrons. The fourth-order valence-electron chi connectivity index (χ4n) is 0.160. The van der Waals surface area contributed by atoms with E-state index in [-0.39, 0.29) is 0 Å². The SMILES string of the molecule is O=C(O)NC(=O)C(Cl)Cl. The zero-order valence-corrected chi connectivity index (χ0v) is 5.61. The predicted octanol–water partition coefficient (Wildman–Crippen LogP) is 0.584. The quantitative estimate of drug-likeness (QED) is 0.568. The summed E-state index contributed by atoms with van der Waals surface area (Å²) in [4.78, 5) is 18.5. The van der Waals surface area contributed by atoms with Crippen molar-refractivity contribution in [2.24, 2.45) is 0 Å². The van der Waals surface area contributed by atoms with E-state index in [0.717, 1.165) is 0 Å². The maximum atomic E-state index is 10.2. The van der Waals surface area contributed by atoms with E-state index >= 15 is 0 Å². The second kappa shape index (κ2) is 3.53. The third kappa shape index (κ3) is 4.05. The van der Waals surface area contributed by atoms with Gasteiger partial charge in [0.25, 0.3) is 5.91 Å². The van der Waals surface area contributed by atoms with Crippen molar-refractivity contribution in [3.8, 4) is 0 Å². The van der Waals surface area contributed by atoms with Gasteiger partial charge in [0.05, 0.1) is 0 Å². The summed E-state index contributed by atoms with van der Waals surface area (Å²) in [6, 6.07) is 0. The molecule has 0 rings (SSSR count). The number of carbonyl (C=O) groups is 2. The lowest BCUT2D eigenvalue weighted by molar-refractivity contribution is -0.118. The van der Waals surface area contributed by atoms with Gasteiger partial charge in [-0.2, -0.15) is 0 Å². The topological polar surface area (TPSA) is 66.4 Å². The molecular weight excluding hydrogens is 169 g/mol. The fraction of sp³-hybridized carbons (Fsp3) is 0.333. The van der Waals surface area contributed by atoms with Crippen molar-refractivity contribution in [1.29, 1.82) is 0 Å². The number of nitrogens with one attached hydrogen (secondary N) is 1. The van der Waals surface area contributed by atoms with Crippen LogP contribution in [0.3, 0.4) is 0 Å². The van der Waals surface area contributed by atoms with E-state index in [1.165, 1.54) is 5.32 Å². The highest BCUT2D eigenvalue weighted by molar-refractivity contribution is 6.53. The number of rotatable bonds is 1. The zero-order valence-electron chi connectivity index (χ0n) is 4.10. The van der Waals surface area contributed by atoms with Crippen LogP contribution in [-0.4, -0.2) is 21.9 Å². The van der Waals surface area contributed by atoms with Gasteiger partial charge in [0.2, 0.25) is 0 Å². The van der Waals surface area contributed by atoms with Crippen LogP contribution in [-0.2, 0) is 4.79 Å². The van der Waals surface area contributed by atoms with Gasteiger partial charge in [-0.15, -0.1) is 0 Å². The van der Waals surface area contributed by atoms with E-state index in [4.69, 9.17) is 28.3 Å². The van der Waals surface area contributed by atoms with Crippen molar-refractivity contribution in [3.05, 3.63) is 0 Å². The maximum Gasteiger partial charge on any atom is 0.411 e. The Kier molecular flexibility index (Phi) is 3.34. The van der Waals surface area contributed by atoms with E-state index in [9.17, 15) is 9.59 Å². The molecule has 0 heterocycles. The van der Waals surface area contributed by atoms with Gasteiger partial charge in [0, 0.05) is 0 Å². The van der Waals surface area contributed by atoms with Gasteiger partial charge in [-0.05, 0) is 0 Å². The van der Waals surface area contributed by atoms with E-state index < -0.39 is 16.8 Å². The Morgan fingerprint density at radius 2 is 1.89 bits per heavy atom. The maximum absolute atomic E-state index is 10.2. The van der Waals surface area contributed by atoms with Crippen LogP contribution in [0.4, 0.5) is 4.79 Å². The van der Waals surface area contributed by atoms with Crippen molar-refractivity contribution in [3.63, 3.8) is 0 Å². The first-order valence-corrected chi connectivity index (χ1v) is 2.73. The Bertz CT molecular complexity index is 135. The van der Waals surface area contributed by atoms with Gasteiger partial charge in [0.1, 0.15) is 0 Å². The number of hydrogen-bond acceptors (Lipinski definition) is 2. The van der Waals surface area contributed by atoms with Crippen LogP contribution in [0, 0.1) is 0 Å². The summed E-state index contributed by atoms with van der Waals surface area (Å²) in [5, 5.41) is 9.34. The fourth-order valence-corrected chi connectivity index (χ4v) is 0.269. The van der Waals surface area contributed by atoms with Crippen molar-refractivity contribution in [1.82, 2.24) is 5.32 Å². The minimum Gasteiger partial charge on any atom is -0.465 e. The van der Waals surface area contributed by atoms with Gasteiger partial charge >= 0.3 is 6.09 Å². The number of carbonyl (C=O) groups excluding carboxylic acids is 1. The summed E-state index contributed by atoms with van der Waals surface area (Å²) < 4.78 is 0. The molecule has 2 amide bonds. The number of imide groups is 1. The molecule has 0 aliphatic carbocycles. The first kappa shape index (κ1) is 8.52. The van der Waals surface area contributed by atoms with E-state index in [0.29, 0.717) is 0 Å². The molecule has 0 spiro atoms. The molecule has 0 saturated carbocycles. The second-order valence-electron chi connectivity index (χ2n) is 1.10. The Labute approximate surface area is 60.7 Å². The highest BCUT2D eigenvalue weighted by Gasteiger charge is 2.12. The monoisotopic (exact) mass is 171 g/mol. The lowest BCUT2D eigenvalue weighted by Crippen LogP contribution is -2.32. The minimum atomic E-state index is -1.47. The Hall–Kier alpha value is -0.480. The average molecular weight is 172 g/mol. The zero-order chi connectivity index (χ0) is 7.44. The third-order valence-corrected chi connectivity index (χ3v) is 0.825. The van der Waals surface area contributed by atoms with Crippen LogP contribution < -0.4 is 5.32 Å². The first-order chi connectivity index (χ1) is 4.04. The molecule has 6 heteroatoms. The van der Waals surface area contributed by atoms with Gasteiger partial charge in [-0.3, -0.25) is 10.1 Å². The van der Waals surface area contributed by atoms with Gasteiger partial charge in [-0.1, -0.05) is 23.2 Å².